The minimum absolute atomic E-state index is 0.0788. The third kappa shape index (κ3) is 6.72. The van der Waals surface area contributed by atoms with Crippen molar-refractivity contribution in [1.29, 1.82) is 0 Å². The molecule has 3 aromatic heterocycles. The van der Waals surface area contributed by atoms with Crippen LogP contribution in [0.5, 0.6) is 11.5 Å². The molecule has 8 nitrogen and oxygen atoms in total. The van der Waals surface area contributed by atoms with Gasteiger partial charge in [0.05, 0.1) is 39.6 Å². The Balaban J connectivity index is 1.60. The maximum atomic E-state index is 14.3. The first-order chi connectivity index (χ1) is 17.6. The Bertz CT molecular complexity index is 1400. The van der Waals surface area contributed by atoms with E-state index in [1.807, 2.05) is 45.0 Å². The summed E-state index contributed by atoms with van der Waals surface area (Å²) in [4.78, 5) is 24.4. The van der Waals surface area contributed by atoms with Crippen LogP contribution in [0.15, 0.2) is 54.7 Å². The number of thiophene rings is 1. The van der Waals surface area contributed by atoms with Gasteiger partial charge in [-0.3, -0.25) is 14.9 Å². The molecule has 0 bridgehead atoms. The molecule has 0 unspecified atom stereocenters. The SMILES string of the molecule is COCCN(Cc1cccc(-c2cc3nccc(Oc4ccc(N)cc4F)c3s2)n1)C(=O)OC(C)(C)C. The number of halogens is 1. The molecule has 37 heavy (non-hydrogen) atoms. The fraction of sp³-hybridized carbons (Fsp3) is 0.296. The molecular weight excluding hydrogens is 495 g/mol. The number of carbonyl (C=O) groups excluding carboxylic acids is 1. The first-order valence-corrected chi connectivity index (χ1v) is 12.5. The van der Waals surface area contributed by atoms with Gasteiger partial charge in [-0.2, -0.15) is 0 Å². The highest BCUT2D eigenvalue weighted by Gasteiger charge is 2.23. The number of nitrogen functional groups attached to an aromatic ring is 1. The molecule has 4 rings (SSSR count). The van der Waals surface area contributed by atoms with Gasteiger partial charge in [0.25, 0.3) is 0 Å². The zero-order chi connectivity index (χ0) is 26.6. The molecule has 0 radical (unpaired) electrons. The summed E-state index contributed by atoms with van der Waals surface area (Å²) in [7, 11) is 1.58. The van der Waals surface area contributed by atoms with Crippen molar-refractivity contribution in [3.05, 3.63) is 66.2 Å². The van der Waals surface area contributed by atoms with Crippen LogP contribution in [0.4, 0.5) is 14.9 Å². The molecule has 0 saturated carbocycles. The van der Waals surface area contributed by atoms with E-state index in [1.165, 1.54) is 23.5 Å². The summed E-state index contributed by atoms with van der Waals surface area (Å²) < 4.78 is 31.6. The van der Waals surface area contributed by atoms with Crippen molar-refractivity contribution in [2.45, 2.75) is 32.9 Å². The Morgan fingerprint density at radius 1 is 1.14 bits per heavy atom. The molecule has 0 aliphatic rings. The van der Waals surface area contributed by atoms with Crippen molar-refractivity contribution in [1.82, 2.24) is 14.9 Å². The Kier molecular flexibility index (Phi) is 7.89. The van der Waals surface area contributed by atoms with E-state index in [1.54, 1.807) is 30.3 Å². The normalized spacial score (nSPS) is 11.5. The van der Waals surface area contributed by atoms with Gasteiger partial charge in [0.2, 0.25) is 0 Å². The standard InChI is InChI=1S/C27H29FN4O4S/c1-27(2,3)36-26(33)32(12-13-34-4)16-18-6-5-7-20(31-18)24-15-21-25(37-24)23(10-11-30-21)35-22-9-8-17(29)14-19(22)28/h5-11,14-15H,12-13,16,29H2,1-4H3. The molecule has 4 aromatic rings. The van der Waals surface area contributed by atoms with Crippen LogP contribution in [0.2, 0.25) is 0 Å². The zero-order valence-corrected chi connectivity index (χ0v) is 22.0. The van der Waals surface area contributed by atoms with Gasteiger partial charge in [0.1, 0.15) is 11.4 Å². The molecule has 3 heterocycles. The number of amides is 1. The van der Waals surface area contributed by atoms with Crippen LogP contribution in [0.1, 0.15) is 26.5 Å². The molecule has 0 spiro atoms. The van der Waals surface area contributed by atoms with E-state index in [4.69, 9.17) is 24.9 Å². The van der Waals surface area contributed by atoms with Crippen molar-refractivity contribution in [2.75, 3.05) is 26.0 Å². The summed E-state index contributed by atoms with van der Waals surface area (Å²) in [6.45, 7) is 6.49. The average Bonchev–Trinajstić information content (AvgIpc) is 3.28. The smallest absolute Gasteiger partial charge is 0.410 e. The van der Waals surface area contributed by atoms with E-state index in [0.717, 1.165) is 15.3 Å². The number of hydrogen-bond donors (Lipinski definition) is 1. The quantitative estimate of drug-likeness (QED) is 0.272. The number of aromatic nitrogens is 2. The minimum atomic E-state index is -0.614. The first kappa shape index (κ1) is 26.3. The van der Waals surface area contributed by atoms with Gasteiger partial charge in [-0.1, -0.05) is 6.07 Å². The fourth-order valence-electron chi connectivity index (χ4n) is 3.50. The average molecular weight is 525 g/mol. The van der Waals surface area contributed by atoms with Crippen molar-refractivity contribution in [3.8, 4) is 22.1 Å². The second-order valence-electron chi connectivity index (χ2n) is 9.33. The van der Waals surface area contributed by atoms with Gasteiger partial charge in [0, 0.05) is 37.7 Å². The van der Waals surface area contributed by atoms with Gasteiger partial charge in [0.15, 0.2) is 11.6 Å². The monoisotopic (exact) mass is 524 g/mol. The summed E-state index contributed by atoms with van der Waals surface area (Å²) in [6, 6.07) is 13.5. The summed E-state index contributed by atoms with van der Waals surface area (Å²) in [5.74, 6) is 0.0194. The lowest BCUT2D eigenvalue weighted by Crippen LogP contribution is -2.38. The second-order valence-corrected chi connectivity index (χ2v) is 10.4. The van der Waals surface area contributed by atoms with Crippen LogP contribution in [0, 0.1) is 5.82 Å². The zero-order valence-electron chi connectivity index (χ0n) is 21.2. The lowest BCUT2D eigenvalue weighted by molar-refractivity contribution is 0.0181. The van der Waals surface area contributed by atoms with Crippen molar-refractivity contribution in [3.63, 3.8) is 0 Å². The Morgan fingerprint density at radius 3 is 2.68 bits per heavy atom. The van der Waals surface area contributed by atoms with Crippen LogP contribution >= 0.6 is 11.3 Å². The van der Waals surface area contributed by atoms with Crippen molar-refractivity contribution < 1.29 is 23.4 Å². The number of nitrogens with zero attached hydrogens (tertiary/aromatic N) is 3. The van der Waals surface area contributed by atoms with Gasteiger partial charge >= 0.3 is 6.09 Å². The van der Waals surface area contributed by atoms with Gasteiger partial charge < -0.3 is 19.9 Å². The number of anilines is 1. The number of fused-ring (bicyclic) bond motifs is 1. The number of carbonyl (C=O) groups is 1. The molecular formula is C27H29FN4O4S. The number of ether oxygens (including phenoxy) is 3. The molecule has 0 aliphatic carbocycles. The molecule has 0 aliphatic heterocycles. The summed E-state index contributed by atoms with van der Waals surface area (Å²) in [6.07, 6.45) is 1.18. The molecule has 194 valence electrons. The third-order valence-corrected chi connectivity index (χ3v) is 6.34. The number of hydrogen-bond acceptors (Lipinski definition) is 8. The molecule has 1 aromatic carbocycles. The van der Waals surface area contributed by atoms with Crippen LogP contribution in [-0.2, 0) is 16.0 Å². The van der Waals surface area contributed by atoms with E-state index in [0.29, 0.717) is 35.8 Å². The predicted octanol–water partition coefficient (Wildman–Crippen LogP) is 6.26. The van der Waals surface area contributed by atoms with Crippen molar-refractivity contribution in [2.24, 2.45) is 0 Å². The second kappa shape index (κ2) is 11.1. The number of rotatable bonds is 8. The highest BCUT2D eigenvalue weighted by atomic mass is 32.1. The van der Waals surface area contributed by atoms with Gasteiger partial charge in [-0.05, 0) is 51.1 Å². The Labute approximate surface area is 218 Å². The third-order valence-electron chi connectivity index (χ3n) is 5.18. The number of pyridine rings is 2. The maximum absolute atomic E-state index is 14.3. The van der Waals surface area contributed by atoms with E-state index < -0.39 is 17.5 Å². The van der Waals surface area contributed by atoms with Crippen LogP contribution in [0.3, 0.4) is 0 Å². The molecule has 0 saturated heterocycles. The van der Waals surface area contributed by atoms with Crippen LogP contribution < -0.4 is 10.5 Å². The number of methoxy groups -OCH3 is 1. The van der Waals surface area contributed by atoms with E-state index in [9.17, 15) is 9.18 Å². The van der Waals surface area contributed by atoms with Gasteiger partial charge in [-0.15, -0.1) is 11.3 Å². The highest BCUT2D eigenvalue weighted by molar-refractivity contribution is 7.22. The molecule has 2 N–H and O–H groups in total. The van der Waals surface area contributed by atoms with E-state index in [-0.39, 0.29) is 12.3 Å². The molecule has 10 heteroatoms. The first-order valence-electron chi connectivity index (χ1n) is 11.7. The summed E-state index contributed by atoms with van der Waals surface area (Å²) in [5, 5.41) is 0. The molecule has 0 atom stereocenters. The summed E-state index contributed by atoms with van der Waals surface area (Å²) >= 11 is 1.44. The number of benzene rings is 1. The van der Waals surface area contributed by atoms with Crippen molar-refractivity contribution >= 4 is 33.3 Å². The fourth-order valence-corrected chi connectivity index (χ4v) is 4.54. The molecule has 1 amide bonds. The largest absolute Gasteiger partial charge is 0.453 e. The van der Waals surface area contributed by atoms with E-state index >= 15 is 0 Å². The number of nitrogens with two attached hydrogens (primary N) is 1. The minimum Gasteiger partial charge on any atom is -0.453 e. The lowest BCUT2D eigenvalue weighted by Gasteiger charge is -2.27. The lowest BCUT2D eigenvalue weighted by atomic mass is 10.2. The Hall–Kier alpha value is -3.76. The maximum Gasteiger partial charge on any atom is 0.410 e. The predicted molar refractivity (Wildman–Crippen MR) is 142 cm³/mol. The highest BCUT2D eigenvalue weighted by Crippen LogP contribution is 2.39. The van der Waals surface area contributed by atoms with Crippen LogP contribution in [-0.4, -0.2) is 46.8 Å². The summed E-state index contributed by atoms with van der Waals surface area (Å²) in [5.41, 5.74) is 7.48. The van der Waals surface area contributed by atoms with Crippen LogP contribution in [0.25, 0.3) is 20.8 Å². The van der Waals surface area contributed by atoms with Gasteiger partial charge in [-0.25, -0.2) is 9.18 Å². The molecule has 0 fully saturated rings. The Morgan fingerprint density at radius 2 is 1.95 bits per heavy atom. The topological polar surface area (TPSA) is 99.8 Å². The van der Waals surface area contributed by atoms with E-state index in [2.05, 4.69) is 4.98 Å².